The molecule has 0 spiro atoms. The fourth-order valence-corrected chi connectivity index (χ4v) is 9.89. The van der Waals surface area contributed by atoms with E-state index in [4.69, 9.17) is 9.72 Å². The summed E-state index contributed by atoms with van der Waals surface area (Å²) >= 11 is 0. The Morgan fingerprint density at radius 2 is 1.63 bits per heavy atom. The van der Waals surface area contributed by atoms with Crippen LogP contribution in [0.3, 0.4) is 0 Å². The van der Waals surface area contributed by atoms with Gasteiger partial charge in [-0.05, 0) is 107 Å². The fraction of sp³-hybridized carbons (Fsp3) is 0.523. The highest BCUT2D eigenvalue weighted by atomic mass is 16.5. The van der Waals surface area contributed by atoms with Crippen LogP contribution in [0.15, 0.2) is 48.8 Å². The molecular formula is C44H52N10O5. The van der Waals surface area contributed by atoms with Crippen LogP contribution in [0.5, 0.6) is 5.75 Å². The maximum Gasteiger partial charge on any atom is 0.262 e. The number of nitrogens with zero attached hydrogens (tertiary/aromatic N) is 8. The van der Waals surface area contributed by atoms with E-state index in [9.17, 15) is 19.2 Å². The van der Waals surface area contributed by atoms with E-state index in [-0.39, 0.29) is 24.3 Å². The van der Waals surface area contributed by atoms with Gasteiger partial charge in [-0.2, -0.15) is 5.10 Å². The normalized spacial score (nSPS) is 25.3. The number of likely N-dealkylation sites (tertiary alicyclic amines) is 1. The average molecular weight is 801 g/mol. The summed E-state index contributed by atoms with van der Waals surface area (Å²) in [5.74, 6) is 1.18. The highest BCUT2D eigenvalue weighted by Gasteiger charge is 2.45. The number of hydrogen-bond donors (Lipinski definition) is 2. The van der Waals surface area contributed by atoms with Crippen LogP contribution in [0.4, 0.5) is 11.5 Å². The minimum absolute atomic E-state index is 0.0487. The number of amides is 4. The van der Waals surface area contributed by atoms with Gasteiger partial charge >= 0.3 is 0 Å². The molecule has 4 aromatic rings. The van der Waals surface area contributed by atoms with Crippen molar-refractivity contribution in [2.75, 3.05) is 68.7 Å². The summed E-state index contributed by atoms with van der Waals surface area (Å²) in [5, 5.41) is 11.1. The summed E-state index contributed by atoms with van der Waals surface area (Å²) in [6, 6.07) is 13.1. The van der Waals surface area contributed by atoms with E-state index in [1.54, 1.807) is 12.4 Å². The molecular weight excluding hydrogens is 749 g/mol. The first-order chi connectivity index (χ1) is 28.6. The number of piperidine rings is 2. The van der Waals surface area contributed by atoms with Gasteiger partial charge < -0.3 is 19.4 Å². The van der Waals surface area contributed by atoms with E-state index in [0.717, 1.165) is 129 Å². The van der Waals surface area contributed by atoms with Crippen molar-refractivity contribution in [1.82, 2.24) is 40.2 Å². The van der Waals surface area contributed by atoms with Crippen molar-refractivity contribution in [3.05, 3.63) is 59.9 Å². The van der Waals surface area contributed by atoms with Crippen LogP contribution in [-0.4, -0.2) is 135 Å². The highest BCUT2D eigenvalue weighted by Crippen LogP contribution is 2.41. The molecule has 2 N–H and O–H groups in total. The number of ether oxygens (including phenoxy) is 1. The van der Waals surface area contributed by atoms with Crippen molar-refractivity contribution in [2.45, 2.75) is 76.5 Å². The quantitative estimate of drug-likeness (QED) is 0.222. The molecule has 0 radical (unpaired) electrons. The second-order valence-corrected chi connectivity index (χ2v) is 17.9. The summed E-state index contributed by atoms with van der Waals surface area (Å²) in [6.07, 6.45) is 7.45. The first-order valence-electron chi connectivity index (χ1n) is 21.4. The number of piperazine rings is 1. The molecule has 1 saturated carbocycles. The van der Waals surface area contributed by atoms with Gasteiger partial charge in [-0.3, -0.25) is 39.4 Å². The first-order valence-corrected chi connectivity index (χ1v) is 21.4. The van der Waals surface area contributed by atoms with E-state index in [2.05, 4.69) is 66.1 Å². The van der Waals surface area contributed by atoms with Crippen molar-refractivity contribution in [3.8, 4) is 17.1 Å². The minimum Gasteiger partial charge on any atom is -0.488 e. The standard InChI is InChI=1S/C44H52N10O5/c1-27-22-53(38-21-36(45-26-46-38)40-34-20-31(59-44(2)12-13-44)4-6-35(34)48-49-40)18-17-52(27)25-29-9-14-50(24-29)23-28-10-15-51(16-11-28)30-3-5-32-33(19-30)43(58)54(42(32)57)37-7-8-39(55)47-41(37)56/h3-6,19-21,26-29,37H,7-18,22-25H2,1-2H3,(H,48,49)(H,47,55,56)/t27-,29-,37?/m0/s1. The Kier molecular flexibility index (Phi) is 9.62. The van der Waals surface area contributed by atoms with Gasteiger partial charge in [0.2, 0.25) is 11.8 Å². The fourth-order valence-electron chi connectivity index (χ4n) is 9.89. The van der Waals surface area contributed by atoms with Crippen molar-refractivity contribution in [1.29, 1.82) is 0 Å². The number of imide groups is 2. The van der Waals surface area contributed by atoms with Crippen LogP contribution in [0.1, 0.15) is 79.5 Å². The third-order valence-electron chi connectivity index (χ3n) is 13.6. The molecule has 5 aliphatic heterocycles. The molecule has 2 aromatic heterocycles. The molecule has 15 heteroatoms. The number of aromatic amines is 1. The Morgan fingerprint density at radius 1 is 0.814 bits per heavy atom. The summed E-state index contributed by atoms with van der Waals surface area (Å²) < 4.78 is 6.24. The van der Waals surface area contributed by atoms with Gasteiger partial charge in [-0.1, -0.05) is 0 Å². The lowest BCUT2D eigenvalue weighted by atomic mass is 9.95. The Labute approximate surface area is 343 Å². The monoisotopic (exact) mass is 800 g/mol. The molecule has 59 heavy (non-hydrogen) atoms. The summed E-state index contributed by atoms with van der Waals surface area (Å²) in [7, 11) is 0. The molecule has 3 atom stereocenters. The Bertz CT molecular complexity index is 2320. The largest absolute Gasteiger partial charge is 0.488 e. The van der Waals surface area contributed by atoms with Crippen LogP contribution in [0.2, 0.25) is 0 Å². The molecule has 10 rings (SSSR count). The molecule has 1 aliphatic carbocycles. The molecule has 4 saturated heterocycles. The number of aromatic nitrogens is 4. The number of fused-ring (bicyclic) bond motifs is 2. The van der Waals surface area contributed by atoms with Crippen LogP contribution in [0, 0.1) is 11.8 Å². The van der Waals surface area contributed by atoms with Gasteiger partial charge in [0.1, 0.15) is 35.2 Å². The molecule has 15 nitrogen and oxygen atoms in total. The number of nitrogens with one attached hydrogen (secondary N) is 2. The molecule has 0 bridgehead atoms. The van der Waals surface area contributed by atoms with E-state index in [1.165, 1.54) is 6.42 Å². The van der Waals surface area contributed by atoms with E-state index in [1.807, 2.05) is 24.3 Å². The first kappa shape index (κ1) is 37.8. The predicted octanol–water partition coefficient (Wildman–Crippen LogP) is 4.10. The van der Waals surface area contributed by atoms with E-state index >= 15 is 0 Å². The van der Waals surface area contributed by atoms with Crippen molar-refractivity contribution < 1.29 is 23.9 Å². The number of hydrogen-bond acceptors (Lipinski definition) is 12. The summed E-state index contributed by atoms with van der Waals surface area (Å²) in [4.78, 5) is 71.0. The molecule has 6 aliphatic rings. The minimum atomic E-state index is -0.955. The third kappa shape index (κ3) is 7.43. The average Bonchev–Trinajstić information content (AvgIpc) is 3.50. The van der Waals surface area contributed by atoms with E-state index < -0.39 is 23.8 Å². The zero-order chi connectivity index (χ0) is 40.4. The van der Waals surface area contributed by atoms with E-state index in [0.29, 0.717) is 29.0 Å². The van der Waals surface area contributed by atoms with Gasteiger partial charge in [-0.15, -0.1) is 0 Å². The van der Waals surface area contributed by atoms with Gasteiger partial charge in [0.25, 0.3) is 11.8 Å². The number of benzene rings is 2. The Morgan fingerprint density at radius 3 is 2.42 bits per heavy atom. The smallest absolute Gasteiger partial charge is 0.262 e. The number of rotatable bonds is 10. The molecule has 5 fully saturated rings. The maximum atomic E-state index is 13.4. The summed E-state index contributed by atoms with van der Waals surface area (Å²) in [5.41, 5.74) is 4.12. The van der Waals surface area contributed by atoms with Gasteiger partial charge in [0.05, 0.1) is 22.3 Å². The van der Waals surface area contributed by atoms with Crippen molar-refractivity contribution in [2.24, 2.45) is 11.8 Å². The Balaban J connectivity index is 0.694. The van der Waals surface area contributed by atoms with Gasteiger partial charge in [-0.25, -0.2) is 9.97 Å². The zero-order valence-corrected chi connectivity index (χ0v) is 33.9. The Hall–Kier alpha value is -5.41. The highest BCUT2D eigenvalue weighted by molar-refractivity contribution is 6.23. The van der Waals surface area contributed by atoms with Crippen LogP contribution >= 0.6 is 0 Å². The van der Waals surface area contributed by atoms with Gasteiger partial charge in [0.15, 0.2) is 0 Å². The lowest BCUT2D eigenvalue weighted by Crippen LogP contribution is -2.54. The number of H-pyrrole nitrogens is 1. The van der Waals surface area contributed by atoms with Crippen molar-refractivity contribution in [3.63, 3.8) is 0 Å². The second kappa shape index (κ2) is 15.0. The number of anilines is 2. The molecule has 4 amide bonds. The SMILES string of the molecule is C[C@H]1CN(c2cc(-c3n[nH]c4ccc(OC5(C)CC5)cc34)ncn2)CCN1C[C@H]1CCN(CC2CCN(c3ccc4c(c3)C(=O)N(C3CCC(=O)NC3=O)C4=O)CC2)C1. The zero-order valence-electron chi connectivity index (χ0n) is 33.9. The van der Waals surface area contributed by atoms with Gasteiger partial charge in [0, 0.05) is 82.0 Å². The molecule has 2 aromatic carbocycles. The lowest BCUT2D eigenvalue weighted by molar-refractivity contribution is -0.136. The molecule has 1 unspecified atom stereocenters. The third-order valence-corrected chi connectivity index (χ3v) is 13.6. The molecule has 7 heterocycles. The topological polar surface area (TPSA) is 160 Å². The van der Waals surface area contributed by atoms with Crippen LogP contribution < -0.4 is 19.9 Å². The number of carbonyl (C=O) groups excluding carboxylic acids is 4. The lowest BCUT2D eigenvalue weighted by Gasteiger charge is -2.41. The number of carbonyl (C=O) groups is 4. The second-order valence-electron chi connectivity index (χ2n) is 17.9. The van der Waals surface area contributed by atoms with Crippen LogP contribution in [0.25, 0.3) is 22.3 Å². The molecule has 308 valence electrons. The van der Waals surface area contributed by atoms with Crippen LogP contribution in [-0.2, 0) is 9.59 Å². The summed E-state index contributed by atoms with van der Waals surface area (Å²) in [6.45, 7) is 13.6. The van der Waals surface area contributed by atoms with Crippen molar-refractivity contribution >= 4 is 46.0 Å². The maximum absolute atomic E-state index is 13.4. The predicted molar refractivity (Wildman–Crippen MR) is 221 cm³/mol.